The third-order valence-electron chi connectivity index (χ3n) is 1.11. The van der Waals surface area contributed by atoms with Gasteiger partial charge in [-0.15, -0.1) is 0 Å². The van der Waals surface area contributed by atoms with E-state index in [-0.39, 0.29) is 5.91 Å². The van der Waals surface area contributed by atoms with Gasteiger partial charge in [0.25, 0.3) is 0 Å². The van der Waals surface area contributed by atoms with Crippen LogP contribution in [0.25, 0.3) is 0 Å². The molecule has 1 N–H and O–H groups in total. The van der Waals surface area contributed by atoms with Crippen molar-refractivity contribution < 1.29 is 4.79 Å². The molecule has 0 unspecified atom stereocenters. The number of carbonyl (C=O) groups is 1. The molecule has 1 aliphatic heterocycles. The van der Waals surface area contributed by atoms with E-state index >= 15 is 0 Å². The number of amides is 1. The number of rotatable bonds is 0. The summed E-state index contributed by atoms with van der Waals surface area (Å²) in [7, 11) is 3.55. The van der Waals surface area contributed by atoms with E-state index < -0.39 is 0 Å². The first-order chi connectivity index (χ1) is 3.79. The summed E-state index contributed by atoms with van der Waals surface area (Å²) in [5.41, 5.74) is 2.56. The molecule has 1 radical (unpaired) electrons. The zero-order valence-corrected chi connectivity index (χ0v) is 4.68. The van der Waals surface area contributed by atoms with E-state index in [1.54, 1.807) is 5.01 Å². The fourth-order valence-corrected chi connectivity index (χ4v) is 0.719. The molecule has 0 bridgehead atoms. The molecule has 1 aliphatic rings. The molecule has 1 saturated heterocycles. The van der Waals surface area contributed by atoms with Crippen LogP contribution in [0.2, 0.25) is 0 Å². The predicted molar refractivity (Wildman–Crippen MR) is 29.4 cm³/mol. The molecular formula is C5H9N2O. The van der Waals surface area contributed by atoms with Gasteiger partial charge < -0.3 is 0 Å². The lowest BCUT2D eigenvalue weighted by Gasteiger charge is -2.21. The number of hydrazine groups is 1. The standard InChI is InChI=1S/C5H9N2O/c1-7-4-2-3-5(8)6-7/h1-4H2,(H,6,8). The average molecular weight is 113 g/mol. The molecule has 0 saturated carbocycles. The van der Waals surface area contributed by atoms with E-state index in [1.807, 2.05) is 0 Å². The highest BCUT2D eigenvalue weighted by Gasteiger charge is 2.10. The van der Waals surface area contributed by atoms with Gasteiger partial charge in [0.05, 0.1) is 0 Å². The zero-order chi connectivity index (χ0) is 5.98. The van der Waals surface area contributed by atoms with E-state index in [4.69, 9.17) is 0 Å². The van der Waals surface area contributed by atoms with E-state index in [0.717, 1.165) is 13.0 Å². The third kappa shape index (κ3) is 1.20. The summed E-state index contributed by atoms with van der Waals surface area (Å²) in [6.07, 6.45) is 1.57. The number of nitrogens with one attached hydrogen (secondary N) is 1. The normalized spacial score (nSPS) is 22.9. The molecule has 1 fully saturated rings. The number of hydrogen-bond donors (Lipinski definition) is 1. The molecule has 1 amide bonds. The van der Waals surface area contributed by atoms with Crippen molar-refractivity contribution in [1.82, 2.24) is 10.4 Å². The van der Waals surface area contributed by atoms with Crippen LogP contribution in [0, 0.1) is 7.05 Å². The third-order valence-corrected chi connectivity index (χ3v) is 1.11. The van der Waals surface area contributed by atoms with Gasteiger partial charge in [0, 0.05) is 20.0 Å². The molecule has 1 heterocycles. The maximum Gasteiger partial charge on any atom is 0.234 e. The number of nitrogens with zero attached hydrogens (tertiary/aromatic N) is 1. The summed E-state index contributed by atoms with van der Waals surface area (Å²) in [4.78, 5) is 10.5. The van der Waals surface area contributed by atoms with Gasteiger partial charge in [-0.2, -0.15) is 0 Å². The van der Waals surface area contributed by atoms with Crippen molar-refractivity contribution in [3.8, 4) is 0 Å². The van der Waals surface area contributed by atoms with E-state index in [9.17, 15) is 4.79 Å². The zero-order valence-electron chi connectivity index (χ0n) is 4.68. The predicted octanol–water partition coefficient (Wildman–Crippen LogP) is -0.0950. The van der Waals surface area contributed by atoms with Gasteiger partial charge in [0.2, 0.25) is 5.91 Å². The molecule has 0 aromatic rings. The van der Waals surface area contributed by atoms with Gasteiger partial charge >= 0.3 is 0 Å². The quantitative estimate of drug-likeness (QED) is 0.476. The van der Waals surface area contributed by atoms with Crippen LogP contribution in [0.15, 0.2) is 0 Å². The first-order valence-corrected chi connectivity index (χ1v) is 2.66. The van der Waals surface area contributed by atoms with Crippen LogP contribution >= 0.6 is 0 Å². The summed E-state index contributed by atoms with van der Waals surface area (Å²) >= 11 is 0. The molecule has 0 atom stereocenters. The minimum atomic E-state index is 0.0752. The fourth-order valence-electron chi connectivity index (χ4n) is 0.719. The Hall–Kier alpha value is -0.570. The van der Waals surface area contributed by atoms with Crippen LogP contribution in [0.3, 0.4) is 0 Å². The summed E-state index contributed by atoms with van der Waals surface area (Å²) in [5, 5.41) is 1.56. The first kappa shape index (κ1) is 5.56. The molecule has 0 aromatic carbocycles. The monoisotopic (exact) mass is 113 g/mol. The van der Waals surface area contributed by atoms with Crippen molar-refractivity contribution in [2.24, 2.45) is 0 Å². The molecule has 0 aromatic heterocycles. The fraction of sp³-hybridized carbons (Fsp3) is 0.600. The second-order valence-corrected chi connectivity index (χ2v) is 1.90. The van der Waals surface area contributed by atoms with Crippen LogP contribution in [-0.2, 0) is 4.79 Å². The first-order valence-electron chi connectivity index (χ1n) is 2.66. The lowest BCUT2D eigenvalue weighted by Crippen LogP contribution is -2.42. The second-order valence-electron chi connectivity index (χ2n) is 1.90. The molecule has 3 nitrogen and oxygen atoms in total. The molecule has 0 spiro atoms. The topological polar surface area (TPSA) is 32.3 Å². The molecule has 1 rings (SSSR count). The Morgan fingerprint density at radius 1 is 1.75 bits per heavy atom. The van der Waals surface area contributed by atoms with E-state index in [0.29, 0.717) is 6.42 Å². The largest absolute Gasteiger partial charge is 0.289 e. The SMILES string of the molecule is [CH2]N1CCCC(=O)N1. The Balaban J connectivity index is 2.34. The Morgan fingerprint density at radius 3 is 2.88 bits per heavy atom. The summed E-state index contributed by atoms with van der Waals surface area (Å²) < 4.78 is 0. The Morgan fingerprint density at radius 2 is 2.50 bits per heavy atom. The Kier molecular flexibility index (Phi) is 1.48. The van der Waals surface area contributed by atoms with Crippen molar-refractivity contribution in [2.75, 3.05) is 6.54 Å². The highest BCUT2D eigenvalue weighted by molar-refractivity contribution is 5.75. The molecular weight excluding hydrogens is 104 g/mol. The molecule has 45 valence electrons. The van der Waals surface area contributed by atoms with Gasteiger partial charge in [0.1, 0.15) is 0 Å². The van der Waals surface area contributed by atoms with Gasteiger partial charge in [-0.1, -0.05) is 0 Å². The molecule has 8 heavy (non-hydrogen) atoms. The highest BCUT2D eigenvalue weighted by Crippen LogP contribution is 1.97. The van der Waals surface area contributed by atoms with Crippen molar-refractivity contribution >= 4 is 5.91 Å². The molecule has 0 aliphatic carbocycles. The van der Waals surface area contributed by atoms with Crippen LogP contribution in [0.5, 0.6) is 0 Å². The second kappa shape index (κ2) is 2.13. The number of hydrogen-bond acceptors (Lipinski definition) is 2. The van der Waals surface area contributed by atoms with Gasteiger partial charge in [-0.25, -0.2) is 5.01 Å². The average Bonchev–Trinajstić information content (AvgIpc) is 1.64. The van der Waals surface area contributed by atoms with Crippen molar-refractivity contribution in [1.29, 1.82) is 0 Å². The lowest BCUT2D eigenvalue weighted by atomic mass is 10.2. The van der Waals surface area contributed by atoms with Gasteiger partial charge in [-0.3, -0.25) is 10.2 Å². The van der Waals surface area contributed by atoms with Crippen LogP contribution in [0.4, 0.5) is 0 Å². The van der Waals surface area contributed by atoms with Crippen molar-refractivity contribution in [3.63, 3.8) is 0 Å². The maximum atomic E-state index is 10.5. The summed E-state index contributed by atoms with van der Waals surface area (Å²) in [5.74, 6) is 0.0752. The minimum Gasteiger partial charge on any atom is -0.289 e. The highest BCUT2D eigenvalue weighted by atomic mass is 16.2. The Labute approximate surface area is 48.6 Å². The van der Waals surface area contributed by atoms with Crippen LogP contribution in [-0.4, -0.2) is 17.5 Å². The van der Waals surface area contributed by atoms with Crippen LogP contribution < -0.4 is 5.43 Å². The lowest BCUT2D eigenvalue weighted by molar-refractivity contribution is -0.127. The minimum absolute atomic E-state index is 0.0752. The maximum absolute atomic E-state index is 10.5. The number of carbonyl (C=O) groups excluding carboxylic acids is 1. The van der Waals surface area contributed by atoms with Gasteiger partial charge in [0.15, 0.2) is 0 Å². The van der Waals surface area contributed by atoms with Gasteiger partial charge in [-0.05, 0) is 6.42 Å². The summed E-state index contributed by atoms with van der Waals surface area (Å²) in [6.45, 7) is 0.867. The van der Waals surface area contributed by atoms with Crippen LogP contribution in [0.1, 0.15) is 12.8 Å². The smallest absolute Gasteiger partial charge is 0.234 e. The Bertz CT molecular complexity index is 103. The van der Waals surface area contributed by atoms with E-state index in [1.165, 1.54) is 0 Å². The van der Waals surface area contributed by atoms with E-state index in [2.05, 4.69) is 12.5 Å². The van der Waals surface area contributed by atoms with Crippen molar-refractivity contribution in [3.05, 3.63) is 7.05 Å². The van der Waals surface area contributed by atoms with Crippen molar-refractivity contribution in [2.45, 2.75) is 12.8 Å². The molecule has 3 heteroatoms. The summed E-state index contributed by atoms with van der Waals surface area (Å²) in [6, 6.07) is 0.